The lowest BCUT2D eigenvalue weighted by atomic mass is 10.2. The van der Waals surface area contributed by atoms with Crippen molar-refractivity contribution in [3.8, 4) is 0 Å². The van der Waals surface area contributed by atoms with Crippen LogP contribution in [0.5, 0.6) is 0 Å². The molecule has 0 aliphatic rings. The summed E-state index contributed by atoms with van der Waals surface area (Å²) in [6.45, 7) is 4.08. The van der Waals surface area contributed by atoms with Gasteiger partial charge in [0.25, 0.3) is 0 Å². The lowest BCUT2D eigenvalue weighted by Gasteiger charge is -1.92. The molecule has 0 aromatic carbocycles. The van der Waals surface area contributed by atoms with E-state index >= 15 is 0 Å². The zero-order chi connectivity index (χ0) is 8.97. The fourth-order valence-corrected chi connectivity index (χ4v) is 0.743. The van der Waals surface area contributed by atoms with Crippen molar-refractivity contribution >= 4 is 18.3 Å². The summed E-state index contributed by atoms with van der Waals surface area (Å²) in [6.07, 6.45) is 4.57. The molecule has 0 aliphatic heterocycles. The molecule has 64 valence electrons. The van der Waals surface area contributed by atoms with Crippen LogP contribution in [0.15, 0.2) is 21.7 Å². The number of nitrogens with zero attached hydrogens (tertiary/aromatic N) is 1. The largest absolute Gasteiger partial charge is 0.446 e. The summed E-state index contributed by atoms with van der Waals surface area (Å²) >= 11 is 0. The van der Waals surface area contributed by atoms with Gasteiger partial charge in [0, 0.05) is 12.4 Å². The van der Waals surface area contributed by atoms with Crippen LogP contribution in [0.4, 0.5) is 5.88 Å². The summed E-state index contributed by atoms with van der Waals surface area (Å²) < 4.78 is 5.06. The molecule has 0 saturated heterocycles. The lowest BCUT2D eigenvalue weighted by molar-refractivity contribution is 0.577. The zero-order valence-corrected chi connectivity index (χ0v) is 7.24. The Labute approximate surface area is 71.6 Å². The summed E-state index contributed by atoms with van der Waals surface area (Å²) in [5.41, 5.74) is 0.715. The number of aliphatic imine (C=N–C) groups is 1. The van der Waals surface area contributed by atoms with E-state index in [9.17, 15) is 0 Å². The van der Waals surface area contributed by atoms with Gasteiger partial charge in [-0.2, -0.15) is 0 Å². The van der Waals surface area contributed by atoms with Crippen molar-refractivity contribution in [2.75, 3.05) is 0 Å². The Balaban J connectivity index is 2.81. The molecule has 1 rings (SSSR count). The van der Waals surface area contributed by atoms with E-state index in [1.54, 1.807) is 12.3 Å². The van der Waals surface area contributed by atoms with E-state index in [1.807, 2.05) is 13.8 Å². The smallest absolute Gasteiger partial charge is 0.227 e. The summed E-state index contributed by atoms with van der Waals surface area (Å²) in [4.78, 5) is 4.09. The Kier molecular flexibility index (Phi) is 2.80. The molecule has 0 unspecified atom stereocenters. The standard InChI is InChI=1S/C9H12N2O/c1-7(2)6-11-9-8(5-10)3-4-12-9/h3-7,10H,1-2H3. The van der Waals surface area contributed by atoms with Gasteiger partial charge in [0.05, 0.1) is 11.8 Å². The Hall–Kier alpha value is -1.38. The predicted molar refractivity (Wildman–Crippen MR) is 49.6 cm³/mol. The molecule has 0 bridgehead atoms. The second-order valence-corrected chi connectivity index (χ2v) is 2.85. The molecule has 0 radical (unpaired) electrons. The summed E-state index contributed by atoms with van der Waals surface area (Å²) in [5, 5.41) is 7.03. The van der Waals surface area contributed by atoms with Crippen LogP contribution in [-0.2, 0) is 0 Å². The molecule has 0 saturated carbocycles. The Bertz CT molecular complexity index is 286. The molecular formula is C9H12N2O. The van der Waals surface area contributed by atoms with Crippen LogP contribution in [0.3, 0.4) is 0 Å². The SMILES string of the molecule is CC(C)C=Nc1occc1C=N. The molecule has 0 amide bonds. The van der Waals surface area contributed by atoms with E-state index in [4.69, 9.17) is 9.83 Å². The third-order valence-electron chi connectivity index (χ3n) is 1.32. The van der Waals surface area contributed by atoms with E-state index in [-0.39, 0.29) is 0 Å². The minimum Gasteiger partial charge on any atom is -0.446 e. The number of furan rings is 1. The minimum absolute atomic E-state index is 0.397. The van der Waals surface area contributed by atoms with Gasteiger partial charge in [0.1, 0.15) is 0 Å². The van der Waals surface area contributed by atoms with Crippen molar-refractivity contribution in [2.24, 2.45) is 10.9 Å². The maximum atomic E-state index is 7.03. The molecule has 1 aromatic heterocycles. The first-order valence-electron chi connectivity index (χ1n) is 3.86. The zero-order valence-electron chi connectivity index (χ0n) is 7.24. The second-order valence-electron chi connectivity index (χ2n) is 2.85. The molecular weight excluding hydrogens is 152 g/mol. The van der Waals surface area contributed by atoms with Crippen molar-refractivity contribution in [1.82, 2.24) is 0 Å². The Morgan fingerprint density at radius 3 is 2.92 bits per heavy atom. The van der Waals surface area contributed by atoms with Gasteiger partial charge in [0.15, 0.2) is 0 Å². The van der Waals surface area contributed by atoms with Crippen molar-refractivity contribution < 1.29 is 4.42 Å². The summed E-state index contributed by atoms with van der Waals surface area (Å²) in [6, 6.07) is 1.72. The van der Waals surface area contributed by atoms with Gasteiger partial charge in [-0.1, -0.05) is 13.8 Å². The first-order chi connectivity index (χ1) is 5.74. The third kappa shape index (κ3) is 2.05. The van der Waals surface area contributed by atoms with Crippen molar-refractivity contribution in [2.45, 2.75) is 13.8 Å². The molecule has 1 N–H and O–H groups in total. The second kappa shape index (κ2) is 3.85. The maximum Gasteiger partial charge on any atom is 0.227 e. The monoisotopic (exact) mass is 164 g/mol. The first-order valence-corrected chi connectivity index (χ1v) is 3.86. The van der Waals surface area contributed by atoms with Gasteiger partial charge in [0.2, 0.25) is 5.88 Å². The van der Waals surface area contributed by atoms with Crippen LogP contribution in [0.1, 0.15) is 19.4 Å². The lowest BCUT2D eigenvalue weighted by Crippen LogP contribution is -1.85. The average molecular weight is 164 g/mol. The van der Waals surface area contributed by atoms with E-state index in [1.165, 1.54) is 12.5 Å². The fraction of sp³-hybridized carbons (Fsp3) is 0.333. The van der Waals surface area contributed by atoms with Gasteiger partial charge < -0.3 is 9.83 Å². The number of nitrogens with one attached hydrogen (secondary N) is 1. The average Bonchev–Trinajstić information content (AvgIpc) is 2.47. The molecule has 12 heavy (non-hydrogen) atoms. The first kappa shape index (κ1) is 8.71. The number of hydrogen-bond donors (Lipinski definition) is 1. The molecule has 0 spiro atoms. The van der Waals surface area contributed by atoms with E-state index in [0.29, 0.717) is 17.4 Å². The van der Waals surface area contributed by atoms with Gasteiger partial charge in [-0.25, -0.2) is 4.99 Å². The van der Waals surface area contributed by atoms with Crippen LogP contribution in [0.25, 0.3) is 0 Å². The highest BCUT2D eigenvalue weighted by Crippen LogP contribution is 2.17. The van der Waals surface area contributed by atoms with Crippen LogP contribution < -0.4 is 0 Å². The molecule has 3 heteroatoms. The van der Waals surface area contributed by atoms with Crippen LogP contribution in [0, 0.1) is 11.3 Å². The third-order valence-corrected chi connectivity index (χ3v) is 1.32. The van der Waals surface area contributed by atoms with Crippen LogP contribution in [-0.4, -0.2) is 12.4 Å². The molecule has 3 nitrogen and oxygen atoms in total. The predicted octanol–water partition coefficient (Wildman–Crippen LogP) is 2.64. The van der Waals surface area contributed by atoms with Crippen molar-refractivity contribution in [1.29, 1.82) is 5.41 Å². The molecule has 0 fully saturated rings. The highest BCUT2D eigenvalue weighted by atomic mass is 16.3. The number of rotatable bonds is 3. The van der Waals surface area contributed by atoms with E-state index < -0.39 is 0 Å². The molecule has 0 atom stereocenters. The van der Waals surface area contributed by atoms with E-state index in [0.717, 1.165) is 0 Å². The molecule has 0 aliphatic carbocycles. The van der Waals surface area contributed by atoms with Crippen molar-refractivity contribution in [3.63, 3.8) is 0 Å². The molecule has 1 aromatic rings. The summed E-state index contributed by atoms with van der Waals surface area (Å²) in [7, 11) is 0. The maximum absolute atomic E-state index is 7.03. The summed E-state index contributed by atoms with van der Waals surface area (Å²) in [5.74, 6) is 0.910. The Morgan fingerprint density at radius 1 is 1.58 bits per heavy atom. The Morgan fingerprint density at radius 2 is 2.33 bits per heavy atom. The minimum atomic E-state index is 0.397. The highest BCUT2D eigenvalue weighted by Gasteiger charge is 1.99. The van der Waals surface area contributed by atoms with Crippen LogP contribution in [0.2, 0.25) is 0 Å². The van der Waals surface area contributed by atoms with Crippen molar-refractivity contribution in [3.05, 3.63) is 17.9 Å². The van der Waals surface area contributed by atoms with Gasteiger partial charge in [-0.05, 0) is 12.0 Å². The fourth-order valence-electron chi connectivity index (χ4n) is 0.743. The topological polar surface area (TPSA) is 49.4 Å². The molecule has 1 heterocycles. The van der Waals surface area contributed by atoms with Gasteiger partial charge in [-0.15, -0.1) is 0 Å². The van der Waals surface area contributed by atoms with Crippen LogP contribution >= 0.6 is 0 Å². The van der Waals surface area contributed by atoms with Gasteiger partial charge in [-0.3, -0.25) is 0 Å². The van der Waals surface area contributed by atoms with Gasteiger partial charge >= 0.3 is 0 Å². The van der Waals surface area contributed by atoms with E-state index in [2.05, 4.69) is 4.99 Å². The number of hydrogen-bond acceptors (Lipinski definition) is 3. The highest BCUT2D eigenvalue weighted by molar-refractivity contribution is 5.83. The normalized spacial score (nSPS) is 11.2. The quantitative estimate of drug-likeness (QED) is 0.686.